The van der Waals surface area contributed by atoms with Crippen LogP contribution >= 0.6 is 0 Å². The van der Waals surface area contributed by atoms with Gasteiger partial charge in [-0.05, 0) is 13.3 Å². The van der Waals surface area contributed by atoms with Crippen LogP contribution < -0.4 is 0 Å². The monoisotopic (exact) mass is 217 g/mol. The predicted octanol–water partition coefficient (Wildman–Crippen LogP) is 0.123. The number of hydrogen-bond donors (Lipinski definition) is 2. The summed E-state index contributed by atoms with van der Waals surface area (Å²) in [4.78, 5) is 23.1. The van der Waals surface area contributed by atoms with E-state index in [2.05, 4.69) is 0 Å². The topological polar surface area (TPSA) is 77.8 Å². The molecule has 0 bridgehead atoms. The summed E-state index contributed by atoms with van der Waals surface area (Å²) >= 11 is 0. The minimum atomic E-state index is -0.892. The third-order valence-corrected chi connectivity index (χ3v) is 2.24. The summed E-state index contributed by atoms with van der Waals surface area (Å²) in [6, 6.07) is -0.131. The fraction of sp³-hybridized carbons (Fsp3) is 0.800. The third-order valence-electron chi connectivity index (χ3n) is 2.24. The van der Waals surface area contributed by atoms with Crippen molar-refractivity contribution >= 4 is 11.8 Å². The van der Waals surface area contributed by atoms with Crippen LogP contribution in [0, 0.1) is 0 Å². The average molecular weight is 217 g/mol. The first-order chi connectivity index (χ1) is 7.01. The van der Waals surface area contributed by atoms with Gasteiger partial charge in [0.2, 0.25) is 0 Å². The van der Waals surface area contributed by atoms with Gasteiger partial charge in [-0.2, -0.15) is 0 Å². The van der Waals surface area contributed by atoms with E-state index in [1.807, 2.05) is 6.92 Å². The second-order valence-electron chi connectivity index (χ2n) is 3.56. The fourth-order valence-corrected chi connectivity index (χ4v) is 1.42. The highest BCUT2D eigenvalue weighted by Crippen LogP contribution is 2.04. The zero-order valence-corrected chi connectivity index (χ0v) is 9.27. The van der Waals surface area contributed by atoms with E-state index in [1.54, 1.807) is 4.90 Å². The van der Waals surface area contributed by atoms with E-state index in [0.717, 1.165) is 0 Å². The molecule has 0 rings (SSSR count). The van der Waals surface area contributed by atoms with Crippen molar-refractivity contribution in [3.63, 3.8) is 0 Å². The van der Waals surface area contributed by atoms with Gasteiger partial charge < -0.3 is 10.2 Å². The maximum absolute atomic E-state index is 11.0. The van der Waals surface area contributed by atoms with Crippen molar-refractivity contribution < 1.29 is 19.8 Å². The number of nitrogens with zero attached hydrogens (tertiary/aromatic N) is 1. The number of hydrogen-bond acceptors (Lipinski definition) is 4. The number of Topliss-reactive ketones (excluding diaryl/α,β-unsaturated/α-hetero) is 1. The van der Waals surface area contributed by atoms with Crippen molar-refractivity contribution in [1.82, 2.24) is 4.90 Å². The Labute approximate surface area is 89.7 Å². The predicted molar refractivity (Wildman–Crippen MR) is 55.7 cm³/mol. The number of rotatable bonds is 8. The molecule has 1 atom stereocenters. The highest BCUT2D eigenvalue weighted by Gasteiger charge is 2.17. The largest absolute Gasteiger partial charge is 0.481 e. The zero-order valence-electron chi connectivity index (χ0n) is 9.27. The molecule has 0 saturated heterocycles. The second kappa shape index (κ2) is 7.36. The number of carboxylic acid groups (broad SMARTS) is 1. The highest BCUT2D eigenvalue weighted by atomic mass is 16.4. The molecule has 0 aliphatic carbocycles. The molecule has 88 valence electrons. The van der Waals surface area contributed by atoms with Crippen molar-refractivity contribution in [3.8, 4) is 0 Å². The van der Waals surface area contributed by atoms with E-state index in [1.165, 1.54) is 6.92 Å². The number of aliphatic carboxylic acids is 1. The number of aliphatic hydroxyl groups is 1. The number of carbonyl (C=O) groups is 2. The Kier molecular flexibility index (Phi) is 6.90. The van der Waals surface area contributed by atoms with Crippen LogP contribution in [-0.4, -0.2) is 52.6 Å². The molecule has 5 heteroatoms. The van der Waals surface area contributed by atoms with Gasteiger partial charge >= 0.3 is 5.97 Å². The molecule has 0 aliphatic rings. The smallest absolute Gasteiger partial charge is 0.304 e. The lowest BCUT2D eigenvalue weighted by atomic mass is 10.2. The van der Waals surface area contributed by atoms with Crippen LogP contribution in [0.25, 0.3) is 0 Å². The van der Waals surface area contributed by atoms with Crippen LogP contribution in [0.15, 0.2) is 0 Å². The molecule has 0 spiro atoms. The molecular weight excluding hydrogens is 198 g/mol. The molecule has 0 amide bonds. The molecule has 0 radical (unpaired) electrons. The molecular formula is C10H19NO4. The lowest BCUT2D eigenvalue weighted by molar-refractivity contribution is -0.138. The molecule has 0 aliphatic heterocycles. The number of carboxylic acids is 1. The second-order valence-corrected chi connectivity index (χ2v) is 3.56. The summed E-state index contributed by atoms with van der Waals surface area (Å²) in [5, 5.41) is 17.6. The lowest BCUT2D eigenvalue weighted by Gasteiger charge is -2.28. The summed E-state index contributed by atoms with van der Waals surface area (Å²) < 4.78 is 0. The molecule has 2 N–H and O–H groups in total. The van der Waals surface area contributed by atoms with Crippen molar-refractivity contribution in [1.29, 1.82) is 0 Å². The standard InChI is InChI=1S/C10H19NO4/c1-3-9(7-12)11(6-8(2)13)5-4-10(14)15/h9,12H,3-7H2,1-2H3,(H,14,15). The molecule has 1 unspecified atom stereocenters. The molecule has 0 aromatic carbocycles. The normalized spacial score (nSPS) is 12.8. The highest BCUT2D eigenvalue weighted by molar-refractivity contribution is 5.77. The molecule has 15 heavy (non-hydrogen) atoms. The summed E-state index contributed by atoms with van der Waals surface area (Å²) in [7, 11) is 0. The number of carbonyl (C=O) groups excluding carboxylic acids is 1. The Morgan fingerprint density at radius 3 is 2.33 bits per heavy atom. The van der Waals surface area contributed by atoms with Crippen molar-refractivity contribution in [2.75, 3.05) is 19.7 Å². The maximum Gasteiger partial charge on any atom is 0.304 e. The molecule has 0 fully saturated rings. The number of aliphatic hydroxyl groups excluding tert-OH is 1. The van der Waals surface area contributed by atoms with Crippen LogP contribution in [-0.2, 0) is 9.59 Å². The Balaban J connectivity index is 4.27. The maximum atomic E-state index is 11.0. The fourth-order valence-electron chi connectivity index (χ4n) is 1.42. The quantitative estimate of drug-likeness (QED) is 0.604. The Morgan fingerprint density at radius 2 is 2.00 bits per heavy atom. The summed E-state index contributed by atoms with van der Waals surface area (Å²) in [5.41, 5.74) is 0. The van der Waals surface area contributed by atoms with Gasteiger partial charge in [0.15, 0.2) is 0 Å². The first-order valence-corrected chi connectivity index (χ1v) is 5.07. The lowest BCUT2D eigenvalue weighted by Crippen LogP contribution is -2.41. The van der Waals surface area contributed by atoms with Gasteiger partial charge in [-0.3, -0.25) is 14.5 Å². The SMILES string of the molecule is CCC(CO)N(CCC(=O)O)CC(C)=O. The zero-order chi connectivity index (χ0) is 11.8. The van der Waals surface area contributed by atoms with Crippen molar-refractivity contribution in [2.24, 2.45) is 0 Å². The van der Waals surface area contributed by atoms with Gasteiger partial charge in [-0.1, -0.05) is 6.92 Å². The summed E-state index contributed by atoms with van der Waals surface area (Å²) in [5.74, 6) is -0.913. The third kappa shape index (κ3) is 6.19. The molecule has 0 aromatic heterocycles. The van der Waals surface area contributed by atoms with Crippen LogP contribution in [0.2, 0.25) is 0 Å². The minimum Gasteiger partial charge on any atom is -0.481 e. The van der Waals surface area contributed by atoms with E-state index >= 15 is 0 Å². The van der Waals surface area contributed by atoms with E-state index < -0.39 is 5.97 Å². The Morgan fingerprint density at radius 1 is 1.40 bits per heavy atom. The summed E-state index contributed by atoms with van der Waals surface area (Å²) in [6.07, 6.45) is 0.688. The first-order valence-electron chi connectivity index (χ1n) is 5.07. The Bertz CT molecular complexity index is 213. The molecule has 0 heterocycles. The van der Waals surface area contributed by atoms with Crippen molar-refractivity contribution in [2.45, 2.75) is 32.7 Å². The molecule has 0 saturated carbocycles. The van der Waals surface area contributed by atoms with E-state index in [0.29, 0.717) is 13.0 Å². The molecule has 5 nitrogen and oxygen atoms in total. The van der Waals surface area contributed by atoms with Crippen LogP contribution in [0.4, 0.5) is 0 Å². The van der Waals surface area contributed by atoms with Gasteiger partial charge in [0.1, 0.15) is 5.78 Å². The van der Waals surface area contributed by atoms with E-state index in [4.69, 9.17) is 10.2 Å². The van der Waals surface area contributed by atoms with Crippen LogP contribution in [0.1, 0.15) is 26.7 Å². The van der Waals surface area contributed by atoms with E-state index in [9.17, 15) is 9.59 Å². The summed E-state index contributed by atoms with van der Waals surface area (Å²) in [6.45, 7) is 3.80. The Hall–Kier alpha value is -0.940. The van der Waals surface area contributed by atoms with Gasteiger partial charge in [0.25, 0.3) is 0 Å². The van der Waals surface area contributed by atoms with Crippen LogP contribution in [0.3, 0.4) is 0 Å². The van der Waals surface area contributed by atoms with Gasteiger partial charge in [-0.25, -0.2) is 0 Å². The van der Waals surface area contributed by atoms with Gasteiger partial charge in [0.05, 0.1) is 19.6 Å². The van der Waals surface area contributed by atoms with Crippen LogP contribution in [0.5, 0.6) is 0 Å². The van der Waals surface area contributed by atoms with Crippen molar-refractivity contribution in [3.05, 3.63) is 0 Å². The molecule has 0 aromatic rings. The average Bonchev–Trinajstić information content (AvgIpc) is 2.14. The minimum absolute atomic E-state index is 0.0101. The first kappa shape index (κ1) is 14.1. The van der Waals surface area contributed by atoms with Gasteiger partial charge in [0, 0.05) is 12.6 Å². The van der Waals surface area contributed by atoms with E-state index in [-0.39, 0.29) is 31.4 Å². The van der Waals surface area contributed by atoms with Gasteiger partial charge in [-0.15, -0.1) is 0 Å². The number of ketones is 1.